The van der Waals surface area contributed by atoms with E-state index in [0.717, 1.165) is 6.42 Å². The molecule has 0 amide bonds. The molecule has 3 heteroatoms. The molecular weight excluding hydrogens is 471 g/mol. The first-order chi connectivity index (χ1) is 17.2. The molecule has 0 unspecified atom stereocenters. The van der Waals surface area contributed by atoms with Gasteiger partial charge in [0.2, 0.25) is 0 Å². The van der Waals surface area contributed by atoms with Gasteiger partial charge in [-0.05, 0) is 46.2 Å². The van der Waals surface area contributed by atoms with Crippen molar-refractivity contribution in [3.05, 3.63) is 102 Å². The Hall–Kier alpha value is -3.14. The van der Waals surface area contributed by atoms with Crippen molar-refractivity contribution in [2.45, 2.75) is 39.9 Å². The van der Waals surface area contributed by atoms with Crippen LogP contribution in [0.4, 0.5) is 5.69 Å². The number of rotatable bonds is 4. The van der Waals surface area contributed by atoms with Crippen molar-refractivity contribution in [1.29, 1.82) is 0 Å². The summed E-state index contributed by atoms with van der Waals surface area (Å²) >= 11 is 1.91. The Morgan fingerprint density at radius 2 is 1.72 bits per heavy atom. The van der Waals surface area contributed by atoms with E-state index in [1.54, 1.807) is 0 Å². The van der Waals surface area contributed by atoms with Gasteiger partial charge >= 0.3 is 0 Å². The van der Waals surface area contributed by atoms with Crippen LogP contribution in [0.3, 0.4) is 0 Å². The quantitative estimate of drug-likeness (QED) is 0.0994. The van der Waals surface area contributed by atoms with Crippen molar-refractivity contribution >= 4 is 68.0 Å². The highest BCUT2D eigenvalue weighted by Crippen LogP contribution is 2.48. The van der Waals surface area contributed by atoms with Gasteiger partial charge in [0.1, 0.15) is 11.3 Å². The van der Waals surface area contributed by atoms with Crippen LogP contribution in [0, 0.1) is 12.0 Å². The summed E-state index contributed by atoms with van der Waals surface area (Å²) in [5.74, 6) is 0.604. The minimum Gasteiger partial charge on any atom is -0.248 e. The Balaban J connectivity index is 1.66. The van der Waals surface area contributed by atoms with Crippen LogP contribution in [0.25, 0.3) is 36.1 Å². The second-order valence-electron chi connectivity index (χ2n) is 11.5. The van der Waals surface area contributed by atoms with Crippen molar-refractivity contribution in [1.82, 2.24) is 0 Å². The summed E-state index contributed by atoms with van der Waals surface area (Å²) < 4.78 is 4.91. The normalized spacial score (nSPS) is 14.2. The lowest BCUT2D eigenvalue weighted by Gasteiger charge is -2.33. The molecule has 0 N–H and O–H groups in total. The zero-order chi connectivity index (χ0) is 25.2. The Labute approximate surface area is 219 Å². The van der Waals surface area contributed by atoms with Gasteiger partial charge in [-0.25, -0.2) is 4.58 Å². The van der Waals surface area contributed by atoms with Crippen LogP contribution in [0.15, 0.2) is 78.9 Å². The lowest BCUT2D eigenvalue weighted by atomic mass is 9.91. The van der Waals surface area contributed by atoms with E-state index < -0.39 is 8.07 Å². The van der Waals surface area contributed by atoms with Crippen molar-refractivity contribution in [2.24, 2.45) is 5.92 Å². The highest BCUT2D eigenvalue weighted by atomic mass is 32.1. The van der Waals surface area contributed by atoms with Gasteiger partial charge < -0.3 is 0 Å². The third kappa shape index (κ3) is 3.73. The first-order valence-electron chi connectivity index (χ1n) is 12.9. The third-order valence-electron chi connectivity index (χ3n) is 7.30. The van der Waals surface area contributed by atoms with E-state index in [9.17, 15) is 0 Å². The van der Waals surface area contributed by atoms with Crippen LogP contribution in [0.2, 0.25) is 19.6 Å². The predicted molar refractivity (Wildman–Crippen MR) is 163 cm³/mol. The van der Waals surface area contributed by atoms with E-state index in [1.807, 2.05) is 11.3 Å². The van der Waals surface area contributed by atoms with Gasteiger partial charge in [0.25, 0.3) is 0 Å². The number of thiophene rings is 1. The molecule has 1 aliphatic heterocycles. The van der Waals surface area contributed by atoms with E-state index in [4.69, 9.17) is 0 Å². The van der Waals surface area contributed by atoms with E-state index in [-0.39, 0.29) is 0 Å². The van der Waals surface area contributed by atoms with E-state index >= 15 is 0 Å². The summed E-state index contributed by atoms with van der Waals surface area (Å²) in [6, 6.07) is 28.2. The van der Waals surface area contributed by atoms with Crippen molar-refractivity contribution in [2.75, 3.05) is 0 Å². The van der Waals surface area contributed by atoms with Crippen LogP contribution >= 0.6 is 11.3 Å². The van der Waals surface area contributed by atoms with Gasteiger partial charge in [0, 0.05) is 13.6 Å². The molecular formula is C33H33NSSi. The number of fused-ring (bicyclic) bond motifs is 6. The Morgan fingerprint density at radius 3 is 2.50 bits per heavy atom. The first-order valence-corrected chi connectivity index (χ1v) is 17.2. The highest BCUT2D eigenvalue weighted by Gasteiger charge is 2.34. The molecule has 0 aliphatic carbocycles. The molecule has 0 saturated carbocycles. The minimum atomic E-state index is -1.68. The maximum atomic E-state index is 4.64. The molecule has 1 nitrogen and oxygen atoms in total. The van der Waals surface area contributed by atoms with Crippen molar-refractivity contribution in [3.63, 3.8) is 0 Å². The second kappa shape index (κ2) is 8.47. The van der Waals surface area contributed by atoms with Gasteiger partial charge in [-0.1, -0.05) is 98.2 Å². The average molecular weight is 504 g/mol. The molecule has 1 aliphatic rings. The SMILES string of the molecule is C=[N+]1c2ccc3ccccc3c2C([Si](C)(C)C)=C[C-]1c1cc(CC(C)C)cc2c1[s+][c-]1ccccc21. The van der Waals surface area contributed by atoms with Crippen molar-refractivity contribution in [3.8, 4) is 0 Å². The smallest absolute Gasteiger partial charge is 0.160 e. The fourth-order valence-corrected chi connectivity index (χ4v) is 8.45. The molecule has 0 atom stereocenters. The summed E-state index contributed by atoms with van der Waals surface area (Å²) in [6.07, 6.45) is 3.55. The minimum absolute atomic E-state index is 0.604. The lowest BCUT2D eigenvalue weighted by molar-refractivity contribution is -0.400. The highest BCUT2D eigenvalue weighted by molar-refractivity contribution is 7.26. The molecule has 0 fully saturated rings. The summed E-state index contributed by atoms with van der Waals surface area (Å²) in [4.78, 5) is 0. The Kier molecular flexibility index (Phi) is 5.47. The molecule has 5 aromatic rings. The van der Waals surface area contributed by atoms with Crippen LogP contribution < -0.4 is 0 Å². The first kappa shape index (κ1) is 23.3. The summed E-state index contributed by atoms with van der Waals surface area (Å²) in [7, 11) is -1.68. The number of hydrogen-bond acceptors (Lipinski definition) is 0. The van der Waals surface area contributed by atoms with Crippen LogP contribution in [-0.2, 0) is 6.42 Å². The van der Waals surface area contributed by atoms with Gasteiger partial charge in [-0.2, -0.15) is 0 Å². The van der Waals surface area contributed by atoms with E-state index in [2.05, 4.69) is 124 Å². The molecule has 0 spiro atoms. The average Bonchev–Trinajstić information content (AvgIpc) is 3.21. The fourth-order valence-electron chi connectivity index (χ4n) is 5.67. The Morgan fingerprint density at radius 1 is 0.944 bits per heavy atom. The summed E-state index contributed by atoms with van der Waals surface area (Å²) in [6.45, 7) is 16.6. The molecule has 180 valence electrons. The summed E-state index contributed by atoms with van der Waals surface area (Å²) in [5.41, 5.74) is 5.31. The van der Waals surface area contributed by atoms with Gasteiger partial charge in [-0.15, -0.1) is 18.2 Å². The predicted octanol–water partition coefficient (Wildman–Crippen LogP) is 9.61. The zero-order valence-electron chi connectivity index (χ0n) is 21.9. The third-order valence-corrected chi connectivity index (χ3v) is 10.5. The molecule has 0 radical (unpaired) electrons. The number of hydrogen-bond donors (Lipinski definition) is 0. The van der Waals surface area contributed by atoms with Crippen LogP contribution in [0.1, 0.15) is 30.5 Å². The number of nitrogens with zero attached hydrogens (tertiary/aromatic N) is 1. The maximum absolute atomic E-state index is 4.64. The number of benzene rings is 4. The van der Waals surface area contributed by atoms with Crippen LogP contribution in [0.5, 0.6) is 0 Å². The Bertz CT molecular complexity index is 1700. The molecule has 4 aromatic carbocycles. The largest absolute Gasteiger partial charge is 0.248 e. The molecule has 36 heavy (non-hydrogen) atoms. The van der Waals surface area contributed by atoms with E-state index in [0.29, 0.717) is 5.92 Å². The van der Waals surface area contributed by atoms with Gasteiger partial charge in [0.15, 0.2) is 21.1 Å². The zero-order valence-corrected chi connectivity index (χ0v) is 23.7. The standard InChI is InChI=1S/C33H33NSSi/c1-21(2)17-22-18-26-25-13-9-10-14-30(25)35-33(26)27(19-22)29-20-31(36(4,5)6)32-24-12-8-7-11-23(24)15-16-28(32)34(29)3/h7-16,18-21H,3,17H2,1-2,4-6H3. The topological polar surface area (TPSA) is 3.01 Å². The molecule has 1 aromatic heterocycles. The van der Waals surface area contributed by atoms with E-state index in [1.165, 1.54) is 64.6 Å². The van der Waals surface area contributed by atoms with Crippen molar-refractivity contribution < 1.29 is 4.58 Å². The maximum Gasteiger partial charge on any atom is 0.160 e. The molecule has 0 saturated heterocycles. The van der Waals surface area contributed by atoms with Gasteiger partial charge in [-0.3, -0.25) is 0 Å². The molecule has 0 bridgehead atoms. The second-order valence-corrected chi connectivity index (χ2v) is 17.6. The monoisotopic (exact) mass is 503 g/mol. The summed E-state index contributed by atoms with van der Waals surface area (Å²) in [5, 5.41) is 6.86. The fraction of sp³-hybridized carbons (Fsp3) is 0.212. The molecule has 6 rings (SSSR count). The van der Waals surface area contributed by atoms with Gasteiger partial charge in [0.05, 0.1) is 6.72 Å². The lowest BCUT2D eigenvalue weighted by Crippen LogP contribution is -2.29. The molecule has 2 heterocycles. The van der Waals surface area contributed by atoms with Crippen LogP contribution in [-0.4, -0.2) is 19.4 Å².